The molecule has 1 N–H and O–H groups in total. The maximum atomic E-state index is 12.0. The number of aliphatic hydroxyl groups is 1. The Labute approximate surface area is 203 Å². The number of ether oxygens (including phenoxy) is 1. The second-order valence-corrected chi connectivity index (χ2v) is 10.4. The minimum atomic E-state index is -1.44. The lowest BCUT2D eigenvalue weighted by atomic mass is 9.83. The Kier molecular flexibility index (Phi) is 5.52. The van der Waals surface area contributed by atoms with Gasteiger partial charge in [-0.05, 0) is 22.6 Å². The summed E-state index contributed by atoms with van der Waals surface area (Å²) >= 11 is 1.67. The number of oxazole rings is 1. The molecule has 3 fully saturated rings. The SMILES string of the molecule is OC(c1ccccc1)(c1ccccc1)c1ncc(C[N+]23CCC(CC2)C(Oc2ccsc2)C3)o1. The summed E-state index contributed by atoms with van der Waals surface area (Å²) in [6.45, 7) is 4.01. The standard InChI is InChI=1S/C28H29N2O3S/c31-28(22-7-3-1-4-8-22,23-9-5-2-6-10-23)27-29-17-25(33-27)18-30-14-11-21(12-15-30)26(19-30)32-24-13-16-34-20-24/h1-10,13,16-17,20-21,26,31H,11-12,14-15,18-19H2/q+1. The van der Waals surface area contributed by atoms with Gasteiger partial charge in [-0.3, -0.25) is 0 Å². The number of nitrogens with zero attached hydrogens (tertiary/aromatic N) is 2. The maximum absolute atomic E-state index is 12.0. The molecule has 6 heteroatoms. The molecule has 2 aromatic carbocycles. The molecule has 34 heavy (non-hydrogen) atoms. The van der Waals surface area contributed by atoms with E-state index in [2.05, 4.69) is 21.8 Å². The summed E-state index contributed by atoms with van der Waals surface area (Å²) in [4.78, 5) is 4.61. The second kappa shape index (κ2) is 8.69. The van der Waals surface area contributed by atoms with Crippen molar-refractivity contribution >= 4 is 11.3 Å². The Morgan fingerprint density at radius 1 is 1.00 bits per heavy atom. The quantitative estimate of drug-likeness (QED) is 0.375. The van der Waals surface area contributed by atoms with Crippen molar-refractivity contribution in [3.05, 3.63) is 106 Å². The molecular weight excluding hydrogens is 444 g/mol. The molecule has 3 aliphatic rings. The van der Waals surface area contributed by atoms with Crippen LogP contribution in [0, 0.1) is 5.92 Å². The van der Waals surface area contributed by atoms with Gasteiger partial charge in [0, 0.05) is 24.1 Å². The van der Waals surface area contributed by atoms with Gasteiger partial charge in [0.1, 0.15) is 18.8 Å². The summed E-state index contributed by atoms with van der Waals surface area (Å²) in [7, 11) is 0. The summed E-state index contributed by atoms with van der Waals surface area (Å²) < 4.78 is 13.7. The van der Waals surface area contributed by atoms with Crippen LogP contribution in [0.5, 0.6) is 5.75 Å². The van der Waals surface area contributed by atoms with E-state index < -0.39 is 5.60 Å². The first kappa shape index (κ1) is 21.6. The van der Waals surface area contributed by atoms with Crippen LogP contribution in [0.3, 0.4) is 0 Å². The average Bonchev–Trinajstić information content (AvgIpc) is 3.58. The van der Waals surface area contributed by atoms with Crippen LogP contribution in [0.1, 0.15) is 35.6 Å². The lowest BCUT2D eigenvalue weighted by Gasteiger charge is -2.51. The molecule has 174 valence electrons. The number of benzene rings is 2. The summed E-state index contributed by atoms with van der Waals surface area (Å²) in [6.07, 6.45) is 4.39. The Balaban J connectivity index is 1.28. The van der Waals surface area contributed by atoms with Crippen molar-refractivity contribution in [2.24, 2.45) is 5.92 Å². The van der Waals surface area contributed by atoms with Gasteiger partial charge in [-0.25, -0.2) is 4.98 Å². The number of aromatic nitrogens is 1. The van der Waals surface area contributed by atoms with Crippen LogP contribution in [-0.4, -0.2) is 40.3 Å². The van der Waals surface area contributed by atoms with Crippen LogP contribution in [-0.2, 0) is 12.1 Å². The molecule has 1 atom stereocenters. The summed E-state index contributed by atoms with van der Waals surface area (Å²) in [5.74, 6) is 2.75. The van der Waals surface area contributed by atoms with Crippen molar-refractivity contribution in [3.63, 3.8) is 0 Å². The van der Waals surface area contributed by atoms with Crippen LogP contribution >= 0.6 is 11.3 Å². The molecular formula is C28H29N2O3S+. The van der Waals surface area contributed by atoms with E-state index in [0.717, 1.165) is 53.3 Å². The summed E-state index contributed by atoms with van der Waals surface area (Å²) in [6, 6.07) is 21.3. The van der Waals surface area contributed by atoms with Crippen LogP contribution in [0.25, 0.3) is 0 Å². The number of quaternary nitrogens is 1. The fourth-order valence-electron chi connectivity index (χ4n) is 5.72. The third-order valence-electron chi connectivity index (χ3n) is 7.56. The van der Waals surface area contributed by atoms with E-state index in [-0.39, 0.29) is 6.10 Å². The highest BCUT2D eigenvalue weighted by Crippen LogP contribution is 2.40. The number of piperidine rings is 3. The van der Waals surface area contributed by atoms with Gasteiger partial charge in [0.15, 0.2) is 17.5 Å². The van der Waals surface area contributed by atoms with E-state index in [0.29, 0.717) is 11.8 Å². The molecule has 4 aromatic rings. The fraction of sp³-hybridized carbons (Fsp3) is 0.321. The molecule has 1 unspecified atom stereocenters. The summed E-state index contributed by atoms with van der Waals surface area (Å²) in [5, 5.41) is 16.1. The molecule has 3 aliphatic heterocycles. The Bertz CT molecular complexity index is 1180. The van der Waals surface area contributed by atoms with Gasteiger partial charge in [0.05, 0.1) is 19.3 Å². The number of rotatable bonds is 7. The molecule has 7 rings (SSSR count). The molecule has 0 spiro atoms. The van der Waals surface area contributed by atoms with E-state index in [4.69, 9.17) is 9.15 Å². The van der Waals surface area contributed by atoms with Crippen LogP contribution in [0.4, 0.5) is 0 Å². The van der Waals surface area contributed by atoms with Gasteiger partial charge in [-0.1, -0.05) is 60.7 Å². The van der Waals surface area contributed by atoms with Gasteiger partial charge in [0.25, 0.3) is 0 Å². The number of hydrogen-bond donors (Lipinski definition) is 1. The maximum Gasteiger partial charge on any atom is 0.236 e. The normalized spacial score (nSPS) is 24.3. The largest absolute Gasteiger partial charge is 0.483 e. The predicted octanol–water partition coefficient (Wildman–Crippen LogP) is 5.21. The third kappa shape index (κ3) is 3.86. The van der Waals surface area contributed by atoms with E-state index in [1.807, 2.05) is 60.7 Å². The van der Waals surface area contributed by atoms with E-state index in [9.17, 15) is 5.11 Å². The highest BCUT2D eigenvalue weighted by Gasteiger charge is 2.48. The van der Waals surface area contributed by atoms with Crippen molar-refractivity contribution < 1.29 is 18.7 Å². The lowest BCUT2D eigenvalue weighted by Crippen LogP contribution is -2.64. The number of hydrogen-bond acceptors (Lipinski definition) is 5. The van der Waals surface area contributed by atoms with E-state index in [1.54, 1.807) is 17.5 Å². The number of fused-ring (bicyclic) bond motifs is 3. The second-order valence-electron chi connectivity index (χ2n) is 9.66. The van der Waals surface area contributed by atoms with Crippen molar-refractivity contribution in [1.29, 1.82) is 0 Å². The zero-order chi connectivity index (χ0) is 23.0. The topological polar surface area (TPSA) is 55.5 Å². The molecule has 2 aromatic heterocycles. The van der Waals surface area contributed by atoms with Gasteiger partial charge in [-0.2, -0.15) is 0 Å². The van der Waals surface area contributed by atoms with Crippen LogP contribution in [0.15, 0.2) is 88.1 Å². The number of thiophene rings is 1. The molecule has 3 saturated heterocycles. The zero-order valence-corrected chi connectivity index (χ0v) is 19.9. The molecule has 0 saturated carbocycles. The van der Waals surface area contributed by atoms with Crippen LogP contribution in [0.2, 0.25) is 0 Å². The van der Waals surface area contributed by atoms with Gasteiger partial charge in [0.2, 0.25) is 5.89 Å². The molecule has 2 bridgehead atoms. The molecule has 5 nitrogen and oxygen atoms in total. The van der Waals surface area contributed by atoms with E-state index >= 15 is 0 Å². The average molecular weight is 474 g/mol. The Morgan fingerprint density at radius 3 is 2.29 bits per heavy atom. The van der Waals surface area contributed by atoms with Gasteiger partial charge >= 0.3 is 0 Å². The molecule has 0 amide bonds. The van der Waals surface area contributed by atoms with Crippen molar-refractivity contribution in [2.45, 2.75) is 31.1 Å². The third-order valence-corrected chi connectivity index (χ3v) is 8.22. The fourth-order valence-corrected chi connectivity index (χ4v) is 6.28. The Hall–Kier alpha value is -2.93. The van der Waals surface area contributed by atoms with Gasteiger partial charge in [-0.15, -0.1) is 11.3 Å². The van der Waals surface area contributed by atoms with Crippen molar-refractivity contribution in [1.82, 2.24) is 4.98 Å². The smallest absolute Gasteiger partial charge is 0.236 e. The van der Waals surface area contributed by atoms with Crippen molar-refractivity contribution in [2.75, 3.05) is 19.6 Å². The van der Waals surface area contributed by atoms with Gasteiger partial charge < -0.3 is 18.7 Å². The van der Waals surface area contributed by atoms with Crippen LogP contribution < -0.4 is 4.74 Å². The highest BCUT2D eigenvalue weighted by molar-refractivity contribution is 7.08. The van der Waals surface area contributed by atoms with Crippen molar-refractivity contribution in [3.8, 4) is 5.75 Å². The highest BCUT2D eigenvalue weighted by atomic mass is 32.1. The molecule has 5 heterocycles. The zero-order valence-electron chi connectivity index (χ0n) is 19.0. The summed E-state index contributed by atoms with van der Waals surface area (Å²) in [5.41, 5.74) is 0.0367. The monoisotopic (exact) mass is 473 g/mol. The first-order chi connectivity index (χ1) is 16.6. The minimum Gasteiger partial charge on any atom is -0.483 e. The van der Waals surface area contributed by atoms with E-state index in [1.165, 1.54) is 12.8 Å². The Morgan fingerprint density at radius 2 is 1.68 bits per heavy atom. The first-order valence-corrected chi connectivity index (χ1v) is 12.9. The first-order valence-electron chi connectivity index (χ1n) is 12.0. The predicted molar refractivity (Wildman–Crippen MR) is 132 cm³/mol. The lowest BCUT2D eigenvalue weighted by molar-refractivity contribution is -0.958. The minimum absolute atomic E-state index is 0.241. The molecule has 0 aliphatic carbocycles. The molecule has 0 radical (unpaired) electrons.